The van der Waals surface area contributed by atoms with Gasteiger partial charge in [0.15, 0.2) is 5.78 Å². The Balaban J connectivity index is 1.47. The van der Waals surface area contributed by atoms with Crippen LogP contribution in [-0.4, -0.2) is 10.8 Å². The fourth-order valence-corrected chi connectivity index (χ4v) is 5.19. The molecule has 1 aliphatic rings. The third-order valence-corrected chi connectivity index (χ3v) is 6.70. The molecule has 0 saturated heterocycles. The number of nitrogens with zero attached hydrogens (tertiary/aromatic N) is 1. The molecule has 0 atom stereocenters. The van der Waals surface area contributed by atoms with Crippen LogP contribution in [0.15, 0.2) is 78.9 Å². The highest BCUT2D eigenvalue weighted by molar-refractivity contribution is 5.96. The van der Waals surface area contributed by atoms with Gasteiger partial charge in [-0.15, -0.1) is 0 Å². The number of hydrogen-bond donors (Lipinski definition) is 0. The van der Waals surface area contributed by atoms with E-state index in [1.165, 1.54) is 17.7 Å². The Hall–Kier alpha value is -3.53. The van der Waals surface area contributed by atoms with Gasteiger partial charge in [-0.05, 0) is 79.3 Å². The summed E-state index contributed by atoms with van der Waals surface area (Å²) in [6.07, 6.45) is 2.01. The Morgan fingerprint density at radius 3 is 2.55 bits per heavy atom. The van der Waals surface area contributed by atoms with Crippen molar-refractivity contribution in [1.29, 1.82) is 0 Å². The molecule has 0 radical (unpaired) electrons. The van der Waals surface area contributed by atoms with E-state index in [0.717, 1.165) is 40.6 Å². The van der Waals surface area contributed by atoms with Crippen LogP contribution in [0.4, 0.5) is 4.39 Å². The molecule has 0 N–H and O–H groups in total. The number of ether oxygens (including phenoxy) is 1. The van der Waals surface area contributed by atoms with Gasteiger partial charge in [0.25, 0.3) is 0 Å². The molecule has 1 heterocycles. The first kappa shape index (κ1) is 21.3. The van der Waals surface area contributed by atoms with E-state index in [2.05, 4.69) is 36.2 Å². The zero-order valence-electron chi connectivity index (χ0n) is 18.8. The molecule has 4 heteroatoms. The fourth-order valence-electron chi connectivity index (χ4n) is 5.19. The molecule has 5 rings (SSSR count). The lowest BCUT2D eigenvalue weighted by Crippen LogP contribution is -2.42. The summed E-state index contributed by atoms with van der Waals surface area (Å²) in [5, 5.41) is 0.760. The summed E-state index contributed by atoms with van der Waals surface area (Å²) in [5.41, 5.74) is 4.36. The van der Waals surface area contributed by atoms with Crippen molar-refractivity contribution in [3.05, 3.63) is 107 Å². The summed E-state index contributed by atoms with van der Waals surface area (Å²) < 4.78 is 19.6. The van der Waals surface area contributed by atoms with Crippen molar-refractivity contribution in [3.8, 4) is 5.75 Å². The van der Waals surface area contributed by atoms with E-state index in [9.17, 15) is 9.18 Å². The number of halogens is 1. The first-order valence-electron chi connectivity index (χ1n) is 11.3. The molecule has 0 amide bonds. The third-order valence-electron chi connectivity index (χ3n) is 6.70. The number of carbonyl (C=O) groups is 1. The molecular weight excluding hydrogens is 413 g/mol. The van der Waals surface area contributed by atoms with Gasteiger partial charge in [-0.25, -0.2) is 9.37 Å². The van der Waals surface area contributed by atoms with Gasteiger partial charge < -0.3 is 4.74 Å². The Morgan fingerprint density at radius 1 is 1.03 bits per heavy atom. The second kappa shape index (κ2) is 8.43. The standard InChI is InChI=1S/C29H26FNO2/c1-19-16-29(17-19,22-6-4-3-5-7-22)27-15-25(11-12-26(27)20(2)32)33-18-24-10-8-21-14-23(30)9-13-28(21)31-24/h3-15,19H,16-18H2,1-2H3. The van der Waals surface area contributed by atoms with Gasteiger partial charge in [0.05, 0.1) is 11.2 Å². The van der Waals surface area contributed by atoms with Crippen LogP contribution in [0, 0.1) is 11.7 Å². The molecule has 1 aromatic heterocycles. The van der Waals surface area contributed by atoms with Crippen LogP contribution in [0.5, 0.6) is 5.75 Å². The van der Waals surface area contributed by atoms with E-state index in [0.29, 0.717) is 18.3 Å². The van der Waals surface area contributed by atoms with Crippen LogP contribution in [0.3, 0.4) is 0 Å². The number of benzene rings is 3. The minimum atomic E-state index is -0.274. The number of hydrogen-bond acceptors (Lipinski definition) is 3. The molecular formula is C29H26FNO2. The van der Waals surface area contributed by atoms with Crippen LogP contribution < -0.4 is 4.74 Å². The van der Waals surface area contributed by atoms with Crippen molar-refractivity contribution in [1.82, 2.24) is 4.98 Å². The van der Waals surface area contributed by atoms with Gasteiger partial charge in [0.1, 0.15) is 18.2 Å². The number of ketones is 1. The van der Waals surface area contributed by atoms with Gasteiger partial charge in [-0.2, -0.15) is 0 Å². The highest BCUT2D eigenvalue weighted by Gasteiger charge is 2.46. The molecule has 0 aliphatic heterocycles. The smallest absolute Gasteiger partial charge is 0.160 e. The fraction of sp³-hybridized carbons (Fsp3) is 0.241. The maximum atomic E-state index is 13.4. The lowest BCUT2D eigenvalue weighted by atomic mass is 9.55. The average Bonchev–Trinajstić information content (AvgIpc) is 2.80. The number of fused-ring (bicyclic) bond motifs is 1. The first-order chi connectivity index (χ1) is 15.9. The van der Waals surface area contributed by atoms with Crippen molar-refractivity contribution >= 4 is 16.7 Å². The molecule has 0 unspecified atom stereocenters. The highest BCUT2D eigenvalue weighted by atomic mass is 19.1. The van der Waals surface area contributed by atoms with Gasteiger partial charge in [0, 0.05) is 16.4 Å². The zero-order chi connectivity index (χ0) is 23.0. The van der Waals surface area contributed by atoms with E-state index in [-0.39, 0.29) is 17.0 Å². The van der Waals surface area contributed by atoms with E-state index in [1.807, 2.05) is 36.4 Å². The number of Topliss-reactive ketones (excluding diaryl/α,β-unsaturated/α-hetero) is 1. The van der Waals surface area contributed by atoms with Crippen LogP contribution in [0.1, 0.15) is 53.9 Å². The normalized spacial score (nSPS) is 19.8. The largest absolute Gasteiger partial charge is 0.487 e. The molecule has 166 valence electrons. The molecule has 4 aromatic rings. The number of carbonyl (C=O) groups excluding carboxylic acids is 1. The van der Waals surface area contributed by atoms with Gasteiger partial charge >= 0.3 is 0 Å². The minimum Gasteiger partial charge on any atom is -0.487 e. The van der Waals surface area contributed by atoms with Crippen molar-refractivity contribution in [2.45, 2.75) is 38.7 Å². The zero-order valence-corrected chi connectivity index (χ0v) is 18.8. The van der Waals surface area contributed by atoms with E-state index in [4.69, 9.17) is 4.74 Å². The number of pyridine rings is 1. The van der Waals surface area contributed by atoms with Crippen molar-refractivity contribution < 1.29 is 13.9 Å². The van der Waals surface area contributed by atoms with Crippen LogP contribution in [0.2, 0.25) is 0 Å². The molecule has 3 nitrogen and oxygen atoms in total. The molecule has 3 aromatic carbocycles. The summed E-state index contributed by atoms with van der Waals surface area (Å²) >= 11 is 0. The lowest BCUT2D eigenvalue weighted by Gasteiger charge is -2.48. The summed E-state index contributed by atoms with van der Waals surface area (Å²) in [5.74, 6) is 1.10. The predicted octanol–water partition coefficient (Wildman–Crippen LogP) is 6.87. The van der Waals surface area contributed by atoms with Crippen molar-refractivity contribution in [2.24, 2.45) is 5.92 Å². The molecule has 1 fully saturated rings. The summed E-state index contributed by atoms with van der Waals surface area (Å²) in [6.45, 7) is 4.18. The molecule has 1 aliphatic carbocycles. The summed E-state index contributed by atoms with van der Waals surface area (Å²) in [6, 6.07) is 24.5. The lowest BCUT2D eigenvalue weighted by molar-refractivity contribution is 0.101. The topological polar surface area (TPSA) is 39.2 Å². The third kappa shape index (κ3) is 4.02. The quantitative estimate of drug-likeness (QED) is 0.308. The first-order valence-corrected chi connectivity index (χ1v) is 11.3. The Kier molecular flexibility index (Phi) is 5.45. The average molecular weight is 440 g/mol. The Labute approximate surface area is 193 Å². The van der Waals surface area contributed by atoms with Crippen molar-refractivity contribution in [3.63, 3.8) is 0 Å². The highest BCUT2D eigenvalue weighted by Crippen LogP contribution is 2.53. The van der Waals surface area contributed by atoms with Crippen LogP contribution >= 0.6 is 0 Å². The number of aromatic nitrogens is 1. The SMILES string of the molecule is CC(=O)c1ccc(OCc2ccc3cc(F)ccc3n2)cc1C1(c2ccccc2)CC(C)C1. The van der Waals surface area contributed by atoms with E-state index in [1.54, 1.807) is 13.0 Å². The van der Waals surface area contributed by atoms with Crippen molar-refractivity contribution in [2.75, 3.05) is 0 Å². The Bertz CT molecular complexity index is 1330. The predicted molar refractivity (Wildman–Crippen MR) is 128 cm³/mol. The number of rotatable bonds is 6. The van der Waals surface area contributed by atoms with E-state index < -0.39 is 0 Å². The Morgan fingerprint density at radius 2 is 1.82 bits per heavy atom. The molecule has 33 heavy (non-hydrogen) atoms. The second-order valence-electron chi connectivity index (χ2n) is 9.15. The van der Waals surface area contributed by atoms with Crippen LogP contribution in [0.25, 0.3) is 10.9 Å². The maximum Gasteiger partial charge on any atom is 0.160 e. The monoisotopic (exact) mass is 439 g/mol. The van der Waals surface area contributed by atoms with Crippen LogP contribution in [-0.2, 0) is 12.0 Å². The molecule has 1 saturated carbocycles. The molecule has 0 bridgehead atoms. The van der Waals surface area contributed by atoms with E-state index >= 15 is 0 Å². The van der Waals surface area contributed by atoms with Gasteiger partial charge in [-0.3, -0.25) is 4.79 Å². The molecule has 0 spiro atoms. The minimum absolute atomic E-state index is 0.0647. The summed E-state index contributed by atoms with van der Waals surface area (Å²) in [4.78, 5) is 17.1. The second-order valence-corrected chi connectivity index (χ2v) is 9.15. The maximum absolute atomic E-state index is 13.4. The summed E-state index contributed by atoms with van der Waals surface area (Å²) in [7, 11) is 0. The van der Waals surface area contributed by atoms with Gasteiger partial charge in [-0.1, -0.05) is 43.3 Å². The van der Waals surface area contributed by atoms with Gasteiger partial charge in [0.2, 0.25) is 0 Å².